The zero-order valence-electron chi connectivity index (χ0n) is 17.0. The number of nitrogens with zero attached hydrogens (tertiary/aromatic N) is 2. The van der Waals surface area contributed by atoms with Gasteiger partial charge in [0.05, 0.1) is 6.04 Å². The molecule has 0 bridgehead atoms. The summed E-state index contributed by atoms with van der Waals surface area (Å²) in [5.74, 6) is -0.185. The van der Waals surface area contributed by atoms with Crippen LogP contribution >= 0.6 is 12.4 Å². The van der Waals surface area contributed by atoms with Crippen molar-refractivity contribution >= 4 is 18.5 Å². The van der Waals surface area contributed by atoms with Gasteiger partial charge in [-0.1, -0.05) is 84.9 Å². The number of benzene rings is 3. The normalized spacial score (nSPS) is 16.3. The largest absolute Gasteiger partial charge is 0.297 e. The molecule has 1 atom stereocenters. The summed E-state index contributed by atoms with van der Waals surface area (Å²) in [6, 6.07) is 28.1. The van der Waals surface area contributed by atoms with Crippen molar-refractivity contribution in [2.24, 2.45) is 0 Å². The third-order valence-corrected chi connectivity index (χ3v) is 5.55. The molecule has 4 rings (SSSR count). The average molecular weight is 423 g/mol. The number of piperazine rings is 1. The SMILES string of the molecule is Cl.Fc1ccc(C(c2ccccc2)N2CCN(CC=Cc3ccccc3)CC2)cc1. The highest BCUT2D eigenvalue weighted by atomic mass is 35.5. The lowest BCUT2D eigenvalue weighted by Gasteiger charge is -2.39. The van der Waals surface area contributed by atoms with Crippen molar-refractivity contribution in [1.82, 2.24) is 9.80 Å². The van der Waals surface area contributed by atoms with Crippen LogP contribution in [0.3, 0.4) is 0 Å². The minimum absolute atomic E-state index is 0. The first-order chi connectivity index (χ1) is 14.3. The molecule has 1 aliphatic rings. The number of halogens is 2. The van der Waals surface area contributed by atoms with Crippen LogP contribution in [-0.4, -0.2) is 42.5 Å². The predicted octanol–water partition coefficient (Wildman–Crippen LogP) is 5.67. The van der Waals surface area contributed by atoms with Crippen molar-refractivity contribution in [3.05, 3.63) is 114 Å². The van der Waals surface area contributed by atoms with Gasteiger partial charge in [-0.05, 0) is 28.8 Å². The molecule has 4 heteroatoms. The Kier molecular flexibility index (Phi) is 8.21. The molecule has 0 aliphatic carbocycles. The van der Waals surface area contributed by atoms with E-state index in [0.717, 1.165) is 38.3 Å². The van der Waals surface area contributed by atoms with Gasteiger partial charge in [-0.2, -0.15) is 0 Å². The molecule has 1 saturated heterocycles. The first-order valence-corrected chi connectivity index (χ1v) is 10.3. The lowest BCUT2D eigenvalue weighted by Crippen LogP contribution is -2.47. The van der Waals surface area contributed by atoms with Gasteiger partial charge in [-0.15, -0.1) is 12.4 Å². The van der Waals surface area contributed by atoms with Crippen molar-refractivity contribution in [3.63, 3.8) is 0 Å². The first kappa shape index (κ1) is 22.2. The van der Waals surface area contributed by atoms with Crippen LogP contribution in [0.15, 0.2) is 91.0 Å². The lowest BCUT2D eigenvalue weighted by atomic mass is 9.96. The highest BCUT2D eigenvalue weighted by Crippen LogP contribution is 2.29. The second-order valence-corrected chi connectivity index (χ2v) is 7.51. The highest BCUT2D eigenvalue weighted by Gasteiger charge is 2.26. The molecule has 0 spiro atoms. The van der Waals surface area contributed by atoms with Crippen molar-refractivity contribution in [3.8, 4) is 0 Å². The molecule has 1 aliphatic heterocycles. The van der Waals surface area contributed by atoms with Crippen LogP contribution in [0.1, 0.15) is 22.7 Å². The Hall–Kier alpha value is -2.46. The first-order valence-electron chi connectivity index (χ1n) is 10.3. The molecule has 2 nitrogen and oxygen atoms in total. The Balaban J connectivity index is 0.00000256. The Morgan fingerprint density at radius 1 is 0.733 bits per heavy atom. The molecule has 30 heavy (non-hydrogen) atoms. The quantitative estimate of drug-likeness (QED) is 0.505. The molecule has 156 valence electrons. The van der Waals surface area contributed by atoms with Crippen LogP contribution in [-0.2, 0) is 0 Å². The van der Waals surface area contributed by atoms with Gasteiger partial charge in [0.15, 0.2) is 0 Å². The summed E-state index contributed by atoms with van der Waals surface area (Å²) >= 11 is 0. The summed E-state index contributed by atoms with van der Waals surface area (Å²) in [7, 11) is 0. The predicted molar refractivity (Wildman–Crippen MR) is 125 cm³/mol. The maximum atomic E-state index is 13.5. The van der Waals surface area contributed by atoms with Crippen LogP contribution in [0.2, 0.25) is 0 Å². The molecule has 3 aromatic carbocycles. The van der Waals surface area contributed by atoms with Crippen LogP contribution in [0.25, 0.3) is 6.08 Å². The summed E-state index contributed by atoms with van der Waals surface area (Å²) in [5, 5.41) is 0. The van der Waals surface area contributed by atoms with Gasteiger partial charge < -0.3 is 0 Å². The Labute approximate surface area is 185 Å². The topological polar surface area (TPSA) is 6.48 Å². The number of rotatable bonds is 6. The summed E-state index contributed by atoms with van der Waals surface area (Å²) < 4.78 is 13.5. The minimum atomic E-state index is -0.185. The fourth-order valence-corrected chi connectivity index (χ4v) is 4.00. The van der Waals surface area contributed by atoms with E-state index in [0.29, 0.717) is 0 Å². The molecule has 3 aromatic rings. The second kappa shape index (κ2) is 11.1. The Bertz CT molecular complexity index is 905. The summed E-state index contributed by atoms with van der Waals surface area (Å²) in [6.07, 6.45) is 4.44. The molecule has 0 N–H and O–H groups in total. The van der Waals surface area contributed by atoms with Gasteiger partial charge >= 0.3 is 0 Å². The highest BCUT2D eigenvalue weighted by molar-refractivity contribution is 5.85. The third-order valence-electron chi connectivity index (χ3n) is 5.55. The maximum Gasteiger partial charge on any atom is 0.123 e. The van der Waals surface area contributed by atoms with E-state index in [9.17, 15) is 4.39 Å². The van der Waals surface area contributed by atoms with Gasteiger partial charge in [-0.25, -0.2) is 4.39 Å². The van der Waals surface area contributed by atoms with Gasteiger partial charge in [0.1, 0.15) is 5.82 Å². The maximum absolute atomic E-state index is 13.5. The van der Waals surface area contributed by atoms with E-state index in [1.54, 1.807) is 12.1 Å². The van der Waals surface area contributed by atoms with E-state index in [4.69, 9.17) is 0 Å². The van der Waals surface area contributed by atoms with Crippen LogP contribution in [0.5, 0.6) is 0 Å². The van der Waals surface area contributed by atoms with Crippen molar-refractivity contribution in [1.29, 1.82) is 0 Å². The van der Waals surface area contributed by atoms with E-state index in [-0.39, 0.29) is 24.3 Å². The average Bonchev–Trinajstić information content (AvgIpc) is 2.78. The summed E-state index contributed by atoms with van der Waals surface area (Å²) in [4.78, 5) is 5.00. The van der Waals surface area contributed by atoms with Crippen LogP contribution < -0.4 is 0 Å². The van der Waals surface area contributed by atoms with Crippen molar-refractivity contribution in [2.45, 2.75) is 6.04 Å². The molecule has 0 aromatic heterocycles. The second-order valence-electron chi connectivity index (χ2n) is 7.51. The summed E-state index contributed by atoms with van der Waals surface area (Å²) in [5.41, 5.74) is 3.65. The van der Waals surface area contributed by atoms with E-state index < -0.39 is 0 Å². The van der Waals surface area contributed by atoms with Gasteiger partial charge in [0.2, 0.25) is 0 Å². The molecule has 1 heterocycles. The molecular weight excluding hydrogens is 395 g/mol. The minimum Gasteiger partial charge on any atom is -0.297 e. The van der Waals surface area contributed by atoms with Crippen molar-refractivity contribution < 1.29 is 4.39 Å². The smallest absolute Gasteiger partial charge is 0.123 e. The van der Waals surface area contributed by atoms with Crippen LogP contribution in [0, 0.1) is 5.82 Å². The molecule has 1 unspecified atom stereocenters. The van der Waals surface area contributed by atoms with Crippen LogP contribution in [0.4, 0.5) is 4.39 Å². The lowest BCUT2D eigenvalue weighted by molar-refractivity contribution is 0.118. The van der Waals surface area contributed by atoms with E-state index in [1.165, 1.54) is 11.1 Å². The fraction of sp³-hybridized carbons (Fsp3) is 0.231. The molecule has 0 saturated carbocycles. The molecular formula is C26H28ClFN2. The summed E-state index contributed by atoms with van der Waals surface area (Å²) in [6.45, 7) is 5.02. The zero-order chi connectivity index (χ0) is 19.9. The molecule has 0 amide bonds. The fourth-order valence-electron chi connectivity index (χ4n) is 4.00. The third kappa shape index (κ3) is 5.79. The van der Waals surface area contributed by atoms with E-state index in [1.807, 2.05) is 24.3 Å². The van der Waals surface area contributed by atoms with E-state index >= 15 is 0 Å². The van der Waals surface area contributed by atoms with Gasteiger partial charge in [0.25, 0.3) is 0 Å². The number of hydrogen-bond donors (Lipinski definition) is 0. The van der Waals surface area contributed by atoms with Crippen molar-refractivity contribution in [2.75, 3.05) is 32.7 Å². The van der Waals surface area contributed by atoms with E-state index in [2.05, 4.69) is 70.5 Å². The Morgan fingerprint density at radius 3 is 1.93 bits per heavy atom. The molecule has 0 radical (unpaired) electrons. The monoisotopic (exact) mass is 422 g/mol. The number of hydrogen-bond acceptors (Lipinski definition) is 2. The van der Waals surface area contributed by atoms with Gasteiger partial charge in [0, 0.05) is 32.7 Å². The zero-order valence-corrected chi connectivity index (χ0v) is 17.8. The molecule has 1 fully saturated rings. The van der Waals surface area contributed by atoms with Gasteiger partial charge in [-0.3, -0.25) is 9.80 Å². The Morgan fingerprint density at radius 2 is 1.30 bits per heavy atom. The standard InChI is InChI=1S/C26H27FN2.ClH/c27-25-15-13-24(14-16-25)26(23-11-5-2-6-12-23)29-20-18-28(19-21-29)17-7-10-22-8-3-1-4-9-22;/h1-16,26H,17-21H2;1H.